The summed E-state index contributed by atoms with van der Waals surface area (Å²) in [5.74, 6) is 0.407. The molecule has 0 radical (unpaired) electrons. The summed E-state index contributed by atoms with van der Waals surface area (Å²) < 4.78 is 27.0. The van der Waals surface area contributed by atoms with E-state index in [9.17, 15) is 13.2 Å². The average Bonchev–Trinajstić information content (AvgIpc) is 2.69. The van der Waals surface area contributed by atoms with Gasteiger partial charge in [0.05, 0.1) is 4.90 Å². The third-order valence-electron chi connectivity index (χ3n) is 5.42. The topological polar surface area (TPSA) is 81.8 Å². The summed E-state index contributed by atoms with van der Waals surface area (Å²) in [7, 11) is -3.47. The maximum absolute atomic E-state index is 12.7. The van der Waals surface area contributed by atoms with Crippen LogP contribution in [0.1, 0.15) is 30.1 Å². The van der Waals surface area contributed by atoms with Gasteiger partial charge in [-0.15, -0.1) is 12.4 Å². The Bertz CT molecular complexity index is 728. The van der Waals surface area contributed by atoms with Crippen LogP contribution in [0.5, 0.6) is 0 Å². The predicted octanol–water partition coefficient (Wildman–Crippen LogP) is 1.16. The molecule has 0 atom stereocenters. The van der Waals surface area contributed by atoms with E-state index in [2.05, 4.69) is 22.5 Å². The molecule has 2 aliphatic rings. The number of piperazine rings is 1. The van der Waals surface area contributed by atoms with Gasteiger partial charge in [-0.2, -0.15) is 4.31 Å². The summed E-state index contributed by atoms with van der Waals surface area (Å²) in [4.78, 5) is 14.9. The number of carbonyl (C=O) groups excluding carboxylic acids is 1. The number of nitrogens with one attached hydrogen (secondary N) is 2. The van der Waals surface area contributed by atoms with Crippen molar-refractivity contribution >= 4 is 28.3 Å². The lowest BCUT2D eigenvalue weighted by Crippen LogP contribution is -2.46. The maximum Gasteiger partial charge on any atom is 0.251 e. The molecule has 9 heteroatoms. The Morgan fingerprint density at radius 1 is 1.11 bits per heavy atom. The summed E-state index contributed by atoms with van der Waals surface area (Å²) in [5.41, 5.74) is 0.488. The summed E-state index contributed by atoms with van der Waals surface area (Å²) in [5, 5.41) is 6.21. The van der Waals surface area contributed by atoms with Crippen LogP contribution in [0, 0.1) is 5.92 Å². The molecule has 2 aliphatic heterocycles. The molecule has 0 bridgehead atoms. The number of rotatable bonds is 6. The summed E-state index contributed by atoms with van der Waals surface area (Å²) in [6.07, 6.45) is 1.79. The van der Waals surface area contributed by atoms with Crippen molar-refractivity contribution in [3.63, 3.8) is 0 Å². The molecular weight excluding hydrogens is 400 g/mol. The number of nitrogens with zero attached hydrogens (tertiary/aromatic N) is 2. The monoisotopic (exact) mass is 430 g/mol. The van der Waals surface area contributed by atoms with Crippen LogP contribution in [-0.2, 0) is 10.0 Å². The van der Waals surface area contributed by atoms with Crippen LogP contribution >= 0.6 is 12.4 Å². The van der Waals surface area contributed by atoms with Crippen LogP contribution < -0.4 is 10.6 Å². The zero-order valence-corrected chi connectivity index (χ0v) is 18.0. The first-order valence-electron chi connectivity index (χ1n) is 9.78. The summed E-state index contributed by atoms with van der Waals surface area (Å²) in [6, 6.07) is 6.27. The fraction of sp³-hybridized carbons (Fsp3) is 0.632. The van der Waals surface area contributed by atoms with E-state index in [1.165, 1.54) is 0 Å². The fourth-order valence-electron chi connectivity index (χ4n) is 3.52. The molecule has 0 spiro atoms. The highest BCUT2D eigenvalue weighted by Crippen LogP contribution is 2.23. The highest BCUT2D eigenvalue weighted by atomic mass is 35.5. The number of carbonyl (C=O) groups is 1. The Morgan fingerprint density at radius 3 is 2.32 bits per heavy atom. The van der Waals surface area contributed by atoms with E-state index >= 15 is 0 Å². The Morgan fingerprint density at radius 2 is 1.71 bits per heavy atom. The van der Waals surface area contributed by atoms with Crippen molar-refractivity contribution < 1.29 is 13.2 Å². The van der Waals surface area contributed by atoms with Gasteiger partial charge in [-0.3, -0.25) is 9.69 Å². The van der Waals surface area contributed by atoms with E-state index < -0.39 is 10.0 Å². The molecule has 1 aromatic carbocycles. The number of hydrogen-bond acceptors (Lipinski definition) is 5. The van der Waals surface area contributed by atoms with Gasteiger partial charge in [-0.25, -0.2) is 8.42 Å². The molecular formula is C19H31ClN4O3S. The Balaban J connectivity index is 0.00000280. The molecule has 0 saturated carbocycles. The van der Waals surface area contributed by atoms with E-state index in [0.717, 1.165) is 45.6 Å². The van der Waals surface area contributed by atoms with Crippen LogP contribution in [0.15, 0.2) is 29.2 Å². The Labute approximate surface area is 174 Å². The molecule has 1 amide bonds. The van der Waals surface area contributed by atoms with Gasteiger partial charge in [0.15, 0.2) is 0 Å². The van der Waals surface area contributed by atoms with Crippen LogP contribution in [0.25, 0.3) is 0 Å². The van der Waals surface area contributed by atoms with Crippen LogP contribution in [0.2, 0.25) is 0 Å². The van der Waals surface area contributed by atoms with Crippen LogP contribution in [0.3, 0.4) is 0 Å². The van der Waals surface area contributed by atoms with Gasteiger partial charge in [-0.05, 0) is 43.0 Å². The standard InChI is InChI=1S/C19H30N4O3S.ClH/c1-16-6-11-23(12-7-16)27(25,26)18-4-2-17(3-5-18)19(24)21-10-15-22-13-8-20-9-14-22;/h2-5,16,20H,6-15H2,1H3,(H,21,24);1H. The predicted molar refractivity (Wildman–Crippen MR) is 112 cm³/mol. The molecule has 2 heterocycles. The normalized spacial score (nSPS) is 19.8. The van der Waals surface area contributed by atoms with E-state index in [4.69, 9.17) is 0 Å². The largest absolute Gasteiger partial charge is 0.351 e. The zero-order chi connectivity index (χ0) is 19.3. The SMILES string of the molecule is CC1CCN(S(=O)(=O)c2ccc(C(=O)NCCN3CCNCC3)cc2)CC1.Cl. The fourth-order valence-corrected chi connectivity index (χ4v) is 4.99. The zero-order valence-electron chi connectivity index (χ0n) is 16.4. The molecule has 0 aliphatic carbocycles. The van der Waals surface area contributed by atoms with Crippen molar-refractivity contribution in [2.45, 2.75) is 24.7 Å². The minimum atomic E-state index is -3.47. The van der Waals surface area contributed by atoms with Crippen molar-refractivity contribution in [3.05, 3.63) is 29.8 Å². The number of benzene rings is 1. The molecule has 3 rings (SSSR count). The van der Waals surface area contributed by atoms with E-state index in [1.807, 2.05) is 0 Å². The smallest absolute Gasteiger partial charge is 0.251 e. The van der Waals surface area contributed by atoms with Gasteiger partial charge in [0, 0.05) is 57.9 Å². The Hall–Kier alpha value is -1.19. The molecule has 0 aromatic heterocycles. The second-order valence-electron chi connectivity index (χ2n) is 7.46. The van der Waals surface area contributed by atoms with Gasteiger partial charge in [0.1, 0.15) is 0 Å². The molecule has 2 fully saturated rings. The molecule has 28 heavy (non-hydrogen) atoms. The first kappa shape index (κ1) is 23.1. The van der Waals surface area contributed by atoms with Gasteiger partial charge in [0.25, 0.3) is 5.91 Å². The molecule has 7 nitrogen and oxygen atoms in total. The van der Waals surface area contributed by atoms with Gasteiger partial charge in [-0.1, -0.05) is 6.92 Å². The van der Waals surface area contributed by atoms with Crippen molar-refractivity contribution in [1.29, 1.82) is 0 Å². The van der Waals surface area contributed by atoms with Gasteiger partial charge in [0.2, 0.25) is 10.0 Å². The van der Waals surface area contributed by atoms with E-state index in [1.54, 1.807) is 28.6 Å². The van der Waals surface area contributed by atoms with Crippen molar-refractivity contribution in [2.75, 3.05) is 52.4 Å². The minimum absolute atomic E-state index is 0. The third kappa shape index (κ3) is 5.90. The molecule has 2 N–H and O–H groups in total. The quantitative estimate of drug-likeness (QED) is 0.707. The van der Waals surface area contributed by atoms with Crippen molar-refractivity contribution in [3.8, 4) is 0 Å². The van der Waals surface area contributed by atoms with Crippen molar-refractivity contribution in [2.24, 2.45) is 5.92 Å². The Kier molecular flexibility index (Phi) is 8.70. The first-order chi connectivity index (χ1) is 13.0. The lowest BCUT2D eigenvalue weighted by molar-refractivity contribution is 0.0947. The molecule has 1 aromatic rings. The van der Waals surface area contributed by atoms with Crippen LogP contribution in [-0.4, -0.2) is 75.9 Å². The highest BCUT2D eigenvalue weighted by molar-refractivity contribution is 7.89. The number of sulfonamides is 1. The molecule has 158 valence electrons. The molecule has 2 saturated heterocycles. The first-order valence-corrected chi connectivity index (χ1v) is 11.2. The third-order valence-corrected chi connectivity index (χ3v) is 7.33. The maximum atomic E-state index is 12.7. The number of amides is 1. The molecule has 0 unspecified atom stereocenters. The number of hydrogen-bond donors (Lipinski definition) is 2. The minimum Gasteiger partial charge on any atom is -0.351 e. The average molecular weight is 431 g/mol. The summed E-state index contributed by atoms with van der Waals surface area (Å²) >= 11 is 0. The van der Waals surface area contributed by atoms with Crippen molar-refractivity contribution in [1.82, 2.24) is 19.8 Å². The van der Waals surface area contributed by atoms with E-state index in [-0.39, 0.29) is 23.2 Å². The highest BCUT2D eigenvalue weighted by Gasteiger charge is 2.28. The van der Waals surface area contributed by atoms with E-state index in [0.29, 0.717) is 31.1 Å². The number of halogens is 1. The second kappa shape index (κ2) is 10.5. The van der Waals surface area contributed by atoms with Crippen LogP contribution in [0.4, 0.5) is 0 Å². The lowest BCUT2D eigenvalue weighted by atomic mass is 10.0. The second-order valence-corrected chi connectivity index (χ2v) is 9.40. The van der Waals surface area contributed by atoms with Gasteiger partial charge >= 0.3 is 0 Å². The summed E-state index contributed by atoms with van der Waals surface area (Å²) in [6.45, 7) is 8.67. The lowest BCUT2D eigenvalue weighted by Gasteiger charge is -2.29. The number of piperidine rings is 1. The van der Waals surface area contributed by atoms with Gasteiger partial charge < -0.3 is 10.6 Å².